The second-order valence-electron chi connectivity index (χ2n) is 6.40. The summed E-state index contributed by atoms with van der Waals surface area (Å²) in [4.78, 5) is 24.2. The molecule has 0 spiro atoms. The molecule has 1 heterocycles. The third-order valence-electron chi connectivity index (χ3n) is 4.46. The number of rotatable bonds is 5. The number of para-hydroxylation sites is 1. The van der Waals surface area contributed by atoms with E-state index in [2.05, 4.69) is 5.32 Å². The van der Waals surface area contributed by atoms with Crippen LogP contribution in [-0.4, -0.2) is 25.6 Å². The molecule has 0 saturated heterocycles. The maximum Gasteiger partial charge on any atom is 0.341 e. The van der Waals surface area contributed by atoms with Crippen LogP contribution in [0, 0.1) is 11.6 Å². The van der Waals surface area contributed by atoms with Gasteiger partial charge < -0.3 is 19.2 Å². The number of methoxy groups -OCH3 is 1. The van der Waals surface area contributed by atoms with Gasteiger partial charge in [-0.25, -0.2) is 13.6 Å². The van der Waals surface area contributed by atoms with Gasteiger partial charge in [0.25, 0.3) is 5.91 Å². The highest BCUT2D eigenvalue weighted by atomic mass is 19.1. The van der Waals surface area contributed by atoms with Crippen molar-refractivity contribution < 1.29 is 32.3 Å². The Morgan fingerprint density at radius 1 is 1.00 bits per heavy atom. The normalized spacial score (nSPS) is 10.9. The van der Waals surface area contributed by atoms with Gasteiger partial charge >= 0.3 is 5.97 Å². The molecule has 0 unspecified atom stereocenters. The van der Waals surface area contributed by atoms with Crippen molar-refractivity contribution in [2.24, 2.45) is 0 Å². The SMILES string of the molecule is COc1cc2c(cc1NC(=O)COC(=O)c1ccc(F)cc1F)oc1ccccc12. The maximum absolute atomic E-state index is 13.6. The first-order valence-corrected chi connectivity index (χ1v) is 8.87. The molecule has 4 rings (SSSR count). The van der Waals surface area contributed by atoms with Gasteiger partial charge in [0, 0.05) is 22.9 Å². The highest BCUT2D eigenvalue weighted by molar-refractivity contribution is 6.08. The Labute approximate surface area is 169 Å². The number of furan rings is 1. The average molecular weight is 411 g/mol. The first-order chi connectivity index (χ1) is 14.5. The number of benzene rings is 3. The zero-order valence-electron chi connectivity index (χ0n) is 15.7. The number of nitrogens with one attached hydrogen (secondary N) is 1. The summed E-state index contributed by atoms with van der Waals surface area (Å²) >= 11 is 0. The minimum absolute atomic E-state index is 0.318. The van der Waals surface area contributed by atoms with Crippen molar-refractivity contribution in [3.8, 4) is 5.75 Å². The first-order valence-electron chi connectivity index (χ1n) is 8.87. The molecule has 0 radical (unpaired) electrons. The lowest BCUT2D eigenvalue weighted by molar-refractivity contribution is -0.119. The largest absolute Gasteiger partial charge is 0.495 e. The molecule has 4 aromatic rings. The monoisotopic (exact) mass is 411 g/mol. The number of anilines is 1. The zero-order chi connectivity index (χ0) is 21.3. The lowest BCUT2D eigenvalue weighted by atomic mass is 10.1. The fraction of sp³-hybridized carbons (Fsp3) is 0.0909. The number of carbonyl (C=O) groups excluding carboxylic acids is 2. The molecule has 8 heteroatoms. The predicted molar refractivity (Wildman–Crippen MR) is 106 cm³/mol. The summed E-state index contributed by atoms with van der Waals surface area (Å²) in [7, 11) is 1.45. The van der Waals surface area contributed by atoms with Gasteiger partial charge in [-0.1, -0.05) is 18.2 Å². The van der Waals surface area contributed by atoms with Crippen molar-refractivity contribution in [2.75, 3.05) is 19.0 Å². The van der Waals surface area contributed by atoms with Crippen LogP contribution in [0.25, 0.3) is 21.9 Å². The van der Waals surface area contributed by atoms with Crippen molar-refractivity contribution in [3.63, 3.8) is 0 Å². The van der Waals surface area contributed by atoms with Crippen LogP contribution in [0.4, 0.5) is 14.5 Å². The van der Waals surface area contributed by atoms with Crippen molar-refractivity contribution in [3.05, 3.63) is 71.8 Å². The summed E-state index contributed by atoms with van der Waals surface area (Å²) in [5.41, 5.74) is 1.08. The van der Waals surface area contributed by atoms with E-state index in [0.29, 0.717) is 28.7 Å². The Hall–Kier alpha value is -3.94. The van der Waals surface area contributed by atoms with Gasteiger partial charge in [0.1, 0.15) is 28.5 Å². The number of fused-ring (bicyclic) bond motifs is 3. The van der Waals surface area contributed by atoms with Crippen molar-refractivity contribution >= 4 is 39.5 Å². The number of halogens is 2. The molecule has 152 valence electrons. The van der Waals surface area contributed by atoms with Crippen LogP contribution in [0.2, 0.25) is 0 Å². The van der Waals surface area contributed by atoms with Gasteiger partial charge in [0.15, 0.2) is 6.61 Å². The van der Waals surface area contributed by atoms with E-state index >= 15 is 0 Å². The molecule has 1 amide bonds. The zero-order valence-corrected chi connectivity index (χ0v) is 15.7. The van der Waals surface area contributed by atoms with E-state index in [1.807, 2.05) is 24.3 Å². The minimum atomic E-state index is -1.08. The van der Waals surface area contributed by atoms with Gasteiger partial charge in [0.05, 0.1) is 18.4 Å². The molecule has 0 aliphatic rings. The molecule has 3 aromatic carbocycles. The van der Waals surface area contributed by atoms with Crippen LogP contribution in [0.1, 0.15) is 10.4 Å². The number of amides is 1. The van der Waals surface area contributed by atoms with E-state index in [1.165, 1.54) is 7.11 Å². The second-order valence-corrected chi connectivity index (χ2v) is 6.40. The molecule has 0 bridgehead atoms. The number of ether oxygens (including phenoxy) is 2. The fourth-order valence-corrected chi connectivity index (χ4v) is 3.07. The van der Waals surface area contributed by atoms with Gasteiger partial charge in [-0.2, -0.15) is 0 Å². The Morgan fingerprint density at radius 3 is 2.57 bits per heavy atom. The molecule has 0 fully saturated rings. The lowest BCUT2D eigenvalue weighted by Crippen LogP contribution is -2.21. The molecule has 30 heavy (non-hydrogen) atoms. The van der Waals surface area contributed by atoms with Crippen LogP contribution in [0.15, 0.2) is 59.0 Å². The predicted octanol–water partition coefficient (Wildman–Crippen LogP) is 4.67. The molecule has 1 aromatic heterocycles. The molecule has 0 aliphatic carbocycles. The molecular weight excluding hydrogens is 396 g/mol. The first kappa shape index (κ1) is 19.4. The van der Waals surface area contributed by atoms with Crippen LogP contribution in [-0.2, 0) is 9.53 Å². The molecule has 1 N–H and O–H groups in total. The highest BCUT2D eigenvalue weighted by Gasteiger charge is 2.17. The lowest BCUT2D eigenvalue weighted by Gasteiger charge is -2.11. The summed E-state index contributed by atoms with van der Waals surface area (Å²) in [6.07, 6.45) is 0. The topological polar surface area (TPSA) is 77.8 Å². The number of hydrogen-bond acceptors (Lipinski definition) is 5. The van der Waals surface area contributed by atoms with E-state index in [0.717, 1.165) is 22.9 Å². The molecule has 0 aliphatic heterocycles. The number of hydrogen-bond donors (Lipinski definition) is 1. The third kappa shape index (κ3) is 3.67. The van der Waals surface area contributed by atoms with E-state index in [9.17, 15) is 18.4 Å². The third-order valence-corrected chi connectivity index (χ3v) is 4.46. The second kappa shape index (κ2) is 7.82. The average Bonchev–Trinajstić information content (AvgIpc) is 3.08. The van der Waals surface area contributed by atoms with E-state index in [1.54, 1.807) is 12.1 Å². The van der Waals surface area contributed by atoms with E-state index in [4.69, 9.17) is 13.9 Å². The van der Waals surface area contributed by atoms with Crippen LogP contribution in [0.3, 0.4) is 0 Å². The standard InChI is InChI=1S/C22H15F2NO5/c1-28-20-9-15-13-4-2-3-5-18(13)30-19(15)10-17(20)25-21(26)11-29-22(27)14-7-6-12(23)8-16(14)24/h2-10H,11H2,1H3,(H,25,26). The maximum atomic E-state index is 13.6. The Bertz CT molecular complexity index is 1280. The summed E-state index contributed by atoms with van der Waals surface area (Å²) in [5.74, 6) is -3.26. The van der Waals surface area contributed by atoms with Crippen LogP contribution >= 0.6 is 0 Å². The summed E-state index contributed by atoms with van der Waals surface area (Å²) in [6, 6.07) is 13.2. The molecular formula is C22H15F2NO5. The van der Waals surface area contributed by atoms with Crippen molar-refractivity contribution in [2.45, 2.75) is 0 Å². The molecule has 6 nitrogen and oxygen atoms in total. The Morgan fingerprint density at radius 2 is 1.80 bits per heavy atom. The van der Waals surface area contributed by atoms with E-state index in [-0.39, 0.29) is 0 Å². The summed E-state index contributed by atoms with van der Waals surface area (Å²) in [5, 5.41) is 4.29. The number of esters is 1. The smallest absolute Gasteiger partial charge is 0.341 e. The highest BCUT2D eigenvalue weighted by Crippen LogP contribution is 2.36. The molecule has 0 saturated carbocycles. The van der Waals surface area contributed by atoms with E-state index < -0.39 is 35.7 Å². The van der Waals surface area contributed by atoms with Gasteiger partial charge in [-0.15, -0.1) is 0 Å². The number of carbonyl (C=O) groups is 2. The van der Waals surface area contributed by atoms with Gasteiger partial charge in [-0.3, -0.25) is 4.79 Å². The quantitative estimate of drug-likeness (QED) is 0.483. The van der Waals surface area contributed by atoms with Crippen LogP contribution in [0.5, 0.6) is 5.75 Å². The summed E-state index contributed by atoms with van der Waals surface area (Å²) < 4.78 is 42.5. The van der Waals surface area contributed by atoms with Crippen molar-refractivity contribution in [1.29, 1.82) is 0 Å². The van der Waals surface area contributed by atoms with Crippen molar-refractivity contribution in [1.82, 2.24) is 0 Å². The Balaban J connectivity index is 1.51. The van der Waals surface area contributed by atoms with Gasteiger partial charge in [-0.05, 0) is 24.3 Å². The fourth-order valence-electron chi connectivity index (χ4n) is 3.07. The van der Waals surface area contributed by atoms with Gasteiger partial charge in [0.2, 0.25) is 0 Å². The van der Waals surface area contributed by atoms with Crippen LogP contribution < -0.4 is 10.1 Å². The summed E-state index contributed by atoms with van der Waals surface area (Å²) in [6.45, 7) is -0.670. The minimum Gasteiger partial charge on any atom is -0.495 e. The Kier molecular flexibility index (Phi) is 5.05. The molecule has 0 atom stereocenters.